The van der Waals surface area contributed by atoms with Crippen molar-refractivity contribution in [2.24, 2.45) is 0 Å². The van der Waals surface area contributed by atoms with Gasteiger partial charge in [-0.25, -0.2) is 4.98 Å². The zero-order valence-electron chi connectivity index (χ0n) is 25.6. The average molecular weight is 635 g/mol. The molecule has 0 fully saturated rings. The van der Waals surface area contributed by atoms with Crippen molar-refractivity contribution in [2.45, 2.75) is 0 Å². The largest absolute Gasteiger partial charge is 0.456 e. The predicted molar refractivity (Wildman–Crippen MR) is 200 cm³/mol. The number of fused-ring (bicyclic) bond motifs is 7. The number of thiophene rings is 1. The molecule has 0 atom stereocenters. The molecule has 0 amide bonds. The van der Waals surface area contributed by atoms with E-state index in [9.17, 15) is 0 Å². The molecule has 0 bridgehead atoms. The summed E-state index contributed by atoms with van der Waals surface area (Å²) in [4.78, 5) is 7.10. The van der Waals surface area contributed by atoms with Gasteiger partial charge in [0.2, 0.25) is 5.89 Å². The molecule has 0 saturated heterocycles. The second-order valence-electron chi connectivity index (χ2n) is 12.0. The number of benzene rings is 7. The zero-order valence-corrected chi connectivity index (χ0v) is 26.4. The van der Waals surface area contributed by atoms with Gasteiger partial charge in [-0.05, 0) is 83.9 Å². The summed E-state index contributed by atoms with van der Waals surface area (Å²) in [6, 6.07) is 55.0. The fourth-order valence-corrected chi connectivity index (χ4v) is 8.01. The highest BCUT2D eigenvalue weighted by Gasteiger charge is 2.18. The molecule has 0 aliphatic heterocycles. The SMILES string of the molecule is c1ccc(-c2nc3cc4sc5cccc(-c6ccc(N(c7ccccc7)c7ccc8c(c7)oc7ccccc78)cc6)c5c4cc3o2)cc1. The standard InChI is InChI=1S/C43H26N2O2S/c1-3-10-28(11-4-1)43-44-36-26-41-35(25-39(36)47-43)42-32(15-9-17-40(42)48-41)27-18-20-30(21-19-27)45(29-12-5-2-6-13-29)31-22-23-34-33-14-7-8-16-37(33)46-38(34)24-31/h1-26H. The molecule has 3 heterocycles. The van der Waals surface area contributed by atoms with Crippen molar-refractivity contribution in [3.63, 3.8) is 0 Å². The first-order valence-electron chi connectivity index (χ1n) is 15.9. The first-order chi connectivity index (χ1) is 23.8. The van der Waals surface area contributed by atoms with Crippen LogP contribution in [0.4, 0.5) is 17.1 Å². The first-order valence-corrected chi connectivity index (χ1v) is 16.8. The minimum Gasteiger partial charge on any atom is -0.456 e. The Labute approximate surface area is 279 Å². The topological polar surface area (TPSA) is 42.4 Å². The van der Waals surface area contributed by atoms with Gasteiger partial charge in [-0.1, -0.05) is 78.9 Å². The van der Waals surface area contributed by atoms with Gasteiger partial charge in [0.05, 0.1) is 0 Å². The second kappa shape index (κ2) is 10.7. The van der Waals surface area contributed by atoms with Crippen LogP contribution in [0, 0.1) is 0 Å². The average Bonchev–Trinajstić information content (AvgIpc) is 3.84. The number of aromatic nitrogens is 1. The van der Waals surface area contributed by atoms with Crippen molar-refractivity contribution in [1.29, 1.82) is 0 Å². The zero-order chi connectivity index (χ0) is 31.6. The summed E-state index contributed by atoms with van der Waals surface area (Å²) in [5, 5.41) is 4.67. The van der Waals surface area contributed by atoms with E-state index in [2.05, 4.69) is 114 Å². The summed E-state index contributed by atoms with van der Waals surface area (Å²) >= 11 is 1.80. The van der Waals surface area contributed by atoms with Crippen molar-refractivity contribution >= 4 is 81.6 Å². The van der Waals surface area contributed by atoms with Gasteiger partial charge in [0.25, 0.3) is 0 Å². The normalized spacial score (nSPS) is 11.8. The Morgan fingerprint density at radius 2 is 1.19 bits per heavy atom. The molecule has 7 aromatic carbocycles. The molecular weight excluding hydrogens is 609 g/mol. The van der Waals surface area contributed by atoms with E-state index in [1.807, 2.05) is 48.5 Å². The van der Waals surface area contributed by atoms with E-state index in [1.165, 1.54) is 25.7 Å². The van der Waals surface area contributed by atoms with Crippen molar-refractivity contribution in [2.75, 3.05) is 4.90 Å². The minimum absolute atomic E-state index is 0.644. The number of furan rings is 1. The van der Waals surface area contributed by atoms with Crippen molar-refractivity contribution in [3.05, 3.63) is 158 Å². The Morgan fingerprint density at radius 3 is 2.04 bits per heavy atom. The lowest BCUT2D eigenvalue weighted by molar-refractivity contribution is 0.620. The maximum atomic E-state index is 6.28. The fourth-order valence-electron chi connectivity index (χ4n) is 6.86. The van der Waals surface area contributed by atoms with E-state index in [1.54, 1.807) is 11.3 Å². The van der Waals surface area contributed by atoms with Crippen LogP contribution in [-0.2, 0) is 0 Å². The van der Waals surface area contributed by atoms with E-state index in [4.69, 9.17) is 13.8 Å². The Bertz CT molecular complexity index is 2780. The molecule has 0 saturated carbocycles. The highest BCUT2D eigenvalue weighted by Crippen LogP contribution is 2.43. The fraction of sp³-hybridized carbons (Fsp3) is 0. The summed E-state index contributed by atoms with van der Waals surface area (Å²) in [7, 11) is 0. The summed E-state index contributed by atoms with van der Waals surface area (Å²) < 4.78 is 15.0. The third kappa shape index (κ3) is 4.33. The lowest BCUT2D eigenvalue weighted by atomic mass is 9.99. The van der Waals surface area contributed by atoms with E-state index >= 15 is 0 Å². The van der Waals surface area contributed by atoms with Gasteiger partial charge in [0.1, 0.15) is 16.7 Å². The molecule has 0 N–H and O–H groups in total. The van der Waals surface area contributed by atoms with Gasteiger partial charge >= 0.3 is 0 Å². The number of hydrogen-bond donors (Lipinski definition) is 0. The van der Waals surface area contributed by atoms with Gasteiger partial charge in [-0.15, -0.1) is 11.3 Å². The van der Waals surface area contributed by atoms with Crippen molar-refractivity contribution in [1.82, 2.24) is 4.98 Å². The molecule has 0 spiro atoms. The molecular formula is C43H26N2O2S. The molecule has 10 aromatic rings. The van der Waals surface area contributed by atoms with Gasteiger partial charge in [-0.3, -0.25) is 0 Å². The number of para-hydroxylation sites is 2. The van der Waals surface area contributed by atoms with Crippen LogP contribution in [0.15, 0.2) is 167 Å². The van der Waals surface area contributed by atoms with Crippen LogP contribution in [0.5, 0.6) is 0 Å². The Hall–Kier alpha value is -6.17. The van der Waals surface area contributed by atoms with Gasteiger partial charge < -0.3 is 13.7 Å². The Kier molecular flexibility index (Phi) is 6.01. The Morgan fingerprint density at radius 1 is 0.458 bits per heavy atom. The Balaban J connectivity index is 1.08. The molecule has 0 aliphatic rings. The molecule has 0 aliphatic carbocycles. The lowest BCUT2D eigenvalue weighted by Crippen LogP contribution is -2.09. The van der Waals surface area contributed by atoms with Crippen LogP contribution < -0.4 is 4.90 Å². The highest BCUT2D eigenvalue weighted by molar-refractivity contribution is 7.26. The van der Waals surface area contributed by atoms with Crippen LogP contribution in [-0.4, -0.2) is 4.98 Å². The van der Waals surface area contributed by atoms with Crippen LogP contribution >= 0.6 is 11.3 Å². The van der Waals surface area contributed by atoms with Crippen LogP contribution in [0.25, 0.3) is 75.8 Å². The van der Waals surface area contributed by atoms with E-state index in [-0.39, 0.29) is 0 Å². The smallest absolute Gasteiger partial charge is 0.227 e. The molecule has 226 valence electrons. The third-order valence-corrected chi connectivity index (χ3v) is 10.2. The number of oxazole rings is 1. The van der Waals surface area contributed by atoms with Crippen molar-refractivity contribution < 1.29 is 8.83 Å². The number of anilines is 3. The third-order valence-electron chi connectivity index (χ3n) is 9.10. The molecule has 5 heteroatoms. The van der Waals surface area contributed by atoms with E-state index < -0.39 is 0 Å². The predicted octanol–water partition coefficient (Wildman–Crippen LogP) is 12.9. The maximum Gasteiger partial charge on any atom is 0.227 e. The van der Waals surface area contributed by atoms with Crippen LogP contribution in [0.1, 0.15) is 0 Å². The quantitative estimate of drug-likeness (QED) is 0.189. The molecule has 0 radical (unpaired) electrons. The number of hydrogen-bond acceptors (Lipinski definition) is 5. The van der Waals surface area contributed by atoms with Gasteiger partial charge in [0.15, 0.2) is 5.58 Å². The lowest BCUT2D eigenvalue weighted by Gasteiger charge is -2.25. The van der Waals surface area contributed by atoms with Gasteiger partial charge in [-0.2, -0.15) is 0 Å². The molecule has 4 nitrogen and oxygen atoms in total. The van der Waals surface area contributed by atoms with E-state index in [0.29, 0.717) is 5.89 Å². The molecule has 3 aromatic heterocycles. The van der Waals surface area contributed by atoms with E-state index in [0.717, 1.165) is 61.2 Å². The van der Waals surface area contributed by atoms with Crippen molar-refractivity contribution in [3.8, 4) is 22.6 Å². The number of rotatable bonds is 5. The van der Waals surface area contributed by atoms with Crippen LogP contribution in [0.2, 0.25) is 0 Å². The monoisotopic (exact) mass is 634 g/mol. The molecule has 10 rings (SSSR count). The molecule has 0 unspecified atom stereocenters. The summed E-state index contributed by atoms with van der Waals surface area (Å²) in [6.45, 7) is 0. The summed E-state index contributed by atoms with van der Waals surface area (Å²) in [5.41, 5.74) is 9.97. The summed E-state index contributed by atoms with van der Waals surface area (Å²) in [5.74, 6) is 0.644. The number of nitrogens with zero attached hydrogens (tertiary/aromatic N) is 2. The van der Waals surface area contributed by atoms with Gasteiger partial charge in [0, 0.05) is 59.6 Å². The summed E-state index contributed by atoms with van der Waals surface area (Å²) in [6.07, 6.45) is 0. The highest BCUT2D eigenvalue weighted by atomic mass is 32.1. The minimum atomic E-state index is 0.644. The maximum absolute atomic E-state index is 6.28. The first kappa shape index (κ1) is 27.0. The molecule has 48 heavy (non-hydrogen) atoms. The van der Waals surface area contributed by atoms with Crippen LogP contribution in [0.3, 0.4) is 0 Å². The second-order valence-corrected chi connectivity index (χ2v) is 13.1.